The van der Waals surface area contributed by atoms with E-state index < -0.39 is 5.97 Å². The topological polar surface area (TPSA) is 46.5 Å². The van der Waals surface area contributed by atoms with Crippen LogP contribution in [0.2, 0.25) is 0 Å². The first-order valence-corrected chi connectivity index (χ1v) is 7.05. The summed E-state index contributed by atoms with van der Waals surface area (Å²) in [6, 6.07) is 6.02. The number of aryl methyl sites for hydroxylation is 1. The van der Waals surface area contributed by atoms with E-state index in [9.17, 15) is 4.79 Å². The van der Waals surface area contributed by atoms with Gasteiger partial charge in [-0.25, -0.2) is 0 Å². The summed E-state index contributed by atoms with van der Waals surface area (Å²) in [5.41, 5.74) is 1.18. The van der Waals surface area contributed by atoms with Crippen molar-refractivity contribution < 1.29 is 14.6 Å². The van der Waals surface area contributed by atoms with E-state index >= 15 is 0 Å². The molecule has 0 heterocycles. The van der Waals surface area contributed by atoms with Crippen LogP contribution in [0.1, 0.15) is 38.2 Å². The highest BCUT2D eigenvalue weighted by molar-refractivity contribution is 9.10. The van der Waals surface area contributed by atoms with Gasteiger partial charge < -0.3 is 9.84 Å². The van der Waals surface area contributed by atoms with E-state index in [0.29, 0.717) is 6.61 Å². The molecule has 1 aromatic rings. The Hall–Kier alpha value is -1.03. The van der Waals surface area contributed by atoms with Gasteiger partial charge in [-0.2, -0.15) is 0 Å². The van der Waals surface area contributed by atoms with Crippen LogP contribution in [-0.4, -0.2) is 17.7 Å². The Bertz CT molecular complexity index is 391. The smallest absolute Gasteiger partial charge is 0.303 e. The molecular formula is C14H19BrO3. The van der Waals surface area contributed by atoms with Gasteiger partial charge in [0.2, 0.25) is 0 Å². The Morgan fingerprint density at radius 2 is 2.11 bits per heavy atom. The number of aliphatic carboxylic acids is 1. The van der Waals surface area contributed by atoms with Gasteiger partial charge in [-0.3, -0.25) is 4.79 Å². The molecule has 0 aliphatic heterocycles. The maximum atomic E-state index is 10.4. The number of halogens is 1. The maximum absolute atomic E-state index is 10.4. The summed E-state index contributed by atoms with van der Waals surface area (Å²) in [5.74, 6) is 0.214. The summed E-state index contributed by atoms with van der Waals surface area (Å²) in [6.45, 7) is 2.63. The highest BCUT2D eigenvalue weighted by atomic mass is 79.9. The second-order valence-electron chi connectivity index (χ2n) is 4.14. The van der Waals surface area contributed by atoms with E-state index in [1.807, 2.05) is 19.1 Å². The minimum absolute atomic E-state index is 0.261. The van der Waals surface area contributed by atoms with E-state index in [1.165, 1.54) is 5.56 Å². The van der Waals surface area contributed by atoms with Crippen LogP contribution in [0.3, 0.4) is 0 Å². The summed E-state index contributed by atoms with van der Waals surface area (Å²) in [4.78, 5) is 10.4. The third kappa shape index (κ3) is 5.54. The van der Waals surface area contributed by atoms with Crippen molar-refractivity contribution >= 4 is 21.9 Å². The minimum Gasteiger partial charge on any atom is -0.494 e. The lowest BCUT2D eigenvalue weighted by atomic mass is 10.1. The molecule has 0 spiro atoms. The Morgan fingerprint density at radius 1 is 1.33 bits per heavy atom. The number of unbranched alkanes of at least 4 members (excludes halogenated alkanes) is 2. The molecule has 0 aliphatic carbocycles. The van der Waals surface area contributed by atoms with Crippen molar-refractivity contribution in [1.82, 2.24) is 0 Å². The molecule has 0 radical (unpaired) electrons. The second kappa shape index (κ2) is 8.14. The standard InChI is InChI=1S/C14H19BrO3/c1-2-18-13-9-8-12(15)10-11(13)6-4-3-5-7-14(16)17/h8-10H,2-7H2,1H3,(H,16,17). The van der Waals surface area contributed by atoms with Gasteiger partial charge in [0.05, 0.1) is 6.61 Å². The zero-order chi connectivity index (χ0) is 13.4. The van der Waals surface area contributed by atoms with Crippen molar-refractivity contribution in [3.8, 4) is 5.75 Å². The molecule has 0 bridgehead atoms. The van der Waals surface area contributed by atoms with E-state index in [0.717, 1.165) is 35.9 Å². The SMILES string of the molecule is CCOc1ccc(Br)cc1CCCCCC(=O)O. The molecule has 0 saturated heterocycles. The van der Waals surface area contributed by atoms with Crippen LogP contribution in [0.15, 0.2) is 22.7 Å². The van der Waals surface area contributed by atoms with Crippen molar-refractivity contribution in [2.45, 2.75) is 39.0 Å². The summed E-state index contributed by atoms with van der Waals surface area (Å²) in [7, 11) is 0. The molecule has 0 atom stereocenters. The lowest BCUT2D eigenvalue weighted by Gasteiger charge is -2.10. The van der Waals surface area contributed by atoms with E-state index in [-0.39, 0.29) is 6.42 Å². The zero-order valence-corrected chi connectivity index (χ0v) is 12.2. The number of benzene rings is 1. The molecule has 0 fully saturated rings. The van der Waals surface area contributed by atoms with Crippen LogP contribution in [0.25, 0.3) is 0 Å². The lowest BCUT2D eigenvalue weighted by molar-refractivity contribution is -0.137. The summed E-state index contributed by atoms with van der Waals surface area (Å²) < 4.78 is 6.62. The first-order chi connectivity index (χ1) is 8.63. The third-order valence-electron chi connectivity index (χ3n) is 2.66. The molecule has 0 amide bonds. The van der Waals surface area contributed by atoms with Gasteiger partial charge in [0.1, 0.15) is 5.75 Å². The summed E-state index contributed by atoms with van der Waals surface area (Å²) in [6.07, 6.45) is 3.85. The summed E-state index contributed by atoms with van der Waals surface area (Å²) >= 11 is 3.46. The fourth-order valence-corrected chi connectivity index (χ4v) is 2.22. The normalized spacial score (nSPS) is 10.3. The maximum Gasteiger partial charge on any atom is 0.303 e. The molecule has 0 unspecified atom stereocenters. The van der Waals surface area contributed by atoms with Crippen LogP contribution < -0.4 is 4.74 Å². The molecule has 0 aliphatic rings. The Balaban J connectivity index is 2.44. The first kappa shape index (κ1) is 15.0. The molecule has 1 N–H and O–H groups in total. The Morgan fingerprint density at radius 3 is 2.78 bits per heavy atom. The lowest BCUT2D eigenvalue weighted by Crippen LogP contribution is -1.98. The zero-order valence-electron chi connectivity index (χ0n) is 10.6. The van der Waals surface area contributed by atoms with Crippen molar-refractivity contribution in [3.63, 3.8) is 0 Å². The van der Waals surface area contributed by atoms with E-state index in [2.05, 4.69) is 22.0 Å². The molecule has 3 nitrogen and oxygen atoms in total. The Labute approximate surface area is 116 Å². The highest BCUT2D eigenvalue weighted by Crippen LogP contribution is 2.25. The largest absolute Gasteiger partial charge is 0.494 e. The Kier molecular flexibility index (Phi) is 6.80. The highest BCUT2D eigenvalue weighted by Gasteiger charge is 2.04. The number of carboxylic acids is 1. The van der Waals surface area contributed by atoms with E-state index in [1.54, 1.807) is 0 Å². The predicted octanol–water partition coefficient (Wildman–Crippen LogP) is 4.04. The number of carbonyl (C=O) groups is 1. The van der Waals surface area contributed by atoms with Crippen LogP contribution in [0, 0.1) is 0 Å². The number of carboxylic acid groups (broad SMARTS) is 1. The number of hydrogen-bond acceptors (Lipinski definition) is 2. The van der Waals surface area contributed by atoms with Crippen molar-refractivity contribution in [2.75, 3.05) is 6.61 Å². The molecule has 0 aromatic heterocycles. The van der Waals surface area contributed by atoms with Gasteiger partial charge >= 0.3 is 5.97 Å². The van der Waals surface area contributed by atoms with Gasteiger partial charge in [0, 0.05) is 10.9 Å². The minimum atomic E-state index is -0.715. The van der Waals surface area contributed by atoms with Crippen LogP contribution in [0.4, 0.5) is 0 Å². The van der Waals surface area contributed by atoms with Gasteiger partial charge in [-0.1, -0.05) is 22.4 Å². The molecule has 1 rings (SSSR count). The molecule has 0 saturated carbocycles. The molecule has 4 heteroatoms. The fourth-order valence-electron chi connectivity index (χ4n) is 1.81. The molecule has 1 aromatic carbocycles. The average Bonchev–Trinajstić information content (AvgIpc) is 2.32. The van der Waals surface area contributed by atoms with Crippen LogP contribution in [0.5, 0.6) is 5.75 Å². The van der Waals surface area contributed by atoms with E-state index in [4.69, 9.17) is 9.84 Å². The average molecular weight is 315 g/mol. The number of hydrogen-bond donors (Lipinski definition) is 1. The number of ether oxygens (including phenoxy) is 1. The van der Waals surface area contributed by atoms with Crippen LogP contribution in [-0.2, 0) is 11.2 Å². The summed E-state index contributed by atoms with van der Waals surface area (Å²) in [5, 5.41) is 8.55. The van der Waals surface area contributed by atoms with Gasteiger partial charge in [-0.05, 0) is 49.9 Å². The predicted molar refractivity (Wildman–Crippen MR) is 75.1 cm³/mol. The number of rotatable bonds is 8. The van der Waals surface area contributed by atoms with Crippen molar-refractivity contribution in [1.29, 1.82) is 0 Å². The first-order valence-electron chi connectivity index (χ1n) is 6.26. The van der Waals surface area contributed by atoms with Gasteiger partial charge in [0.15, 0.2) is 0 Å². The molecular weight excluding hydrogens is 296 g/mol. The van der Waals surface area contributed by atoms with Gasteiger partial charge in [0.25, 0.3) is 0 Å². The van der Waals surface area contributed by atoms with Crippen molar-refractivity contribution in [2.24, 2.45) is 0 Å². The molecule has 18 heavy (non-hydrogen) atoms. The van der Waals surface area contributed by atoms with Gasteiger partial charge in [-0.15, -0.1) is 0 Å². The van der Waals surface area contributed by atoms with Crippen molar-refractivity contribution in [3.05, 3.63) is 28.2 Å². The quantitative estimate of drug-likeness (QED) is 0.737. The molecule has 100 valence electrons. The monoisotopic (exact) mass is 314 g/mol. The second-order valence-corrected chi connectivity index (χ2v) is 5.06. The fraction of sp³-hybridized carbons (Fsp3) is 0.500. The van der Waals surface area contributed by atoms with Crippen LogP contribution >= 0.6 is 15.9 Å². The third-order valence-corrected chi connectivity index (χ3v) is 3.15.